The molecule has 4 rings (SSSR count). The van der Waals surface area contributed by atoms with Gasteiger partial charge in [-0.25, -0.2) is 9.78 Å². The lowest BCUT2D eigenvalue weighted by Crippen LogP contribution is -2.23. The van der Waals surface area contributed by atoms with Gasteiger partial charge in [0.05, 0.1) is 34.5 Å². The van der Waals surface area contributed by atoms with Crippen LogP contribution in [0.4, 0.5) is 5.00 Å². The summed E-state index contributed by atoms with van der Waals surface area (Å²) in [5, 5.41) is 5.84. The summed E-state index contributed by atoms with van der Waals surface area (Å²) in [5.74, 6) is -0.783. The number of ether oxygens (including phenoxy) is 1. The number of carbonyl (C=O) groups excluding carboxylic acids is 2. The van der Waals surface area contributed by atoms with Crippen molar-refractivity contribution in [3.05, 3.63) is 81.5 Å². The van der Waals surface area contributed by atoms with Gasteiger partial charge in [0.15, 0.2) is 5.16 Å². The molecule has 0 saturated heterocycles. The third-order valence-corrected chi connectivity index (χ3v) is 6.62. The third kappa shape index (κ3) is 4.84. The smallest absolute Gasteiger partial charge is 0.341 e. The molecule has 33 heavy (non-hydrogen) atoms. The Balaban J connectivity index is 1.63. The van der Waals surface area contributed by atoms with Gasteiger partial charge in [-0.1, -0.05) is 42.1 Å². The molecule has 2 aromatic heterocycles. The number of nitrogens with zero attached hydrogens (tertiary/aromatic N) is 2. The number of thioether (sulfide) groups is 1. The molecule has 0 radical (unpaired) electrons. The number of fused-ring (bicyclic) bond motifs is 1. The second-order valence-corrected chi connectivity index (χ2v) is 8.92. The summed E-state index contributed by atoms with van der Waals surface area (Å²) in [4.78, 5) is 42.8. The van der Waals surface area contributed by atoms with E-state index in [1.54, 1.807) is 41.1 Å². The summed E-state index contributed by atoms with van der Waals surface area (Å²) in [6.07, 6.45) is 0. The van der Waals surface area contributed by atoms with Crippen LogP contribution in [-0.2, 0) is 9.53 Å². The van der Waals surface area contributed by atoms with E-state index < -0.39 is 5.97 Å². The van der Waals surface area contributed by atoms with Crippen LogP contribution in [0.3, 0.4) is 0 Å². The van der Waals surface area contributed by atoms with Crippen molar-refractivity contribution in [3.63, 3.8) is 0 Å². The average molecular weight is 480 g/mol. The predicted molar refractivity (Wildman–Crippen MR) is 132 cm³/mol. The molecule has 1 N–H and O–H groups in total. The Kier molecular flexibility index (Phi) is 6.90. The van der Waals surface area contributed by atoms with Gasteiger partial charge >= 0.3 is 5.97 Å². The number of hydrogen-bond donors (Lipinski definition) is 1. The molecule has 0 saturated carbocycles. The van der Waals surface area contributed by atoms with Gasteiger partial charge in [0.2, 0.25) is 5.91 Å². The van der Waals surface area contributed by atoms with Gasteiger partial charge in [-0.15, -0.1) is 11.3 Å². The lowest BCUT2D eigenvalue weighted by Gasteiger charge is -2.15. The Morgan fingerprint density at radius 2 is 1.88 bits per heavy atom. The SMILES string of the molecule is CCOC(=O)c1ccsc1NC(=O)CSc1nc2ccccc2c(=O)n1-c1ccccc1C. The molecule has 0 spiro atoms. The first-order valence-corrected chi connectivity index (χ1v) is 12.1. The number of thiophene rings is 1. The van der Waals surface area contributed by atoms with E-state index in [2.05, 4.69) is 10.3 Å². The van der Waals surface area contributed by atoms with E-state index in [0.717, 1.165) is 17.3 Å². The number of esters is 1. The first kappa shape index (κ1) is 22.8. The van der Waals surface area contributed by atoms with Crippen LogP contribution in [0.25, 0.3) is 16.6 Å². The molecule has 0 bridgehead atoms. The fraction of sp³-hybridized carbons (Fsp3) is 0.167. The molecule has 0 atom stereocenters. The van der Waals surface area contributed by atoms with E-state index in [9.17, 15) is 14.4 Å². The van der Waals surface area contributed by atoms with E-state index in [4.69, 9.17) is 4.74 Å². The number of rotatable bonds is 7. The van der Waals surface area contributed by atoms with Crippen LogP contribution in [0.5, 0.6) is 0 Å². The van der Waals surface area contributed by atoms with Crippen molar-refractivity contribution < 1.29 is 14.3 Å². The number of nitrogens with one attached hydrogen (secondary N) is 1. The molecule has 7 nitrogen and oxygen atoms in total. The Hall–Kier alpha value is -3.43. The van der Waals surface area contributed by atoms with Crippen LogP contribution >= 0.6 is 23.1 Å². The van der Waals surface area contributed by atoms with Gasteiger partial charge in [-0.05, 0) is 49.1 Å². The van der Waals surface area contributed by atoms with E-state index in [-0.39, 0.29) is 23.8 Å². The number of carbonyl (C=O) groups is 2. The molecule has 0 aliphatic heterocycles. The maximum absolute atomic E-state index is 13.3. The highest BCUT2D eigenvalue weighted by Gasteiger charge is 2.18. The molecular formula is C24H21N3O4S2. The lowest BCUT2D eigenvalue weighted by molar-refractivity contribution is -0.113. The molecule has 2 heterocycles. The zero-order valence-electron chi connectivity index (χ0n) is 18.0. The first-order valence-electron chi connectivity index (χ1n) is 10.2. The van der Waals surface area contributed by atoms with Gasteiger partial charge in [-0.2, -0.15) is 0 Å². The normalized spacial score (nSPS) is 10.8. The van der Waals surface area contributed by atoms with Crippen molar-refractivity contribution in [1.82, 2.24) is 9.55 Å². The number of benzene rings is 2. The van der Waals surface area contributed by atoms with Gasteiger partial charge in [0, 0.05) is 0 Å². The molecule has 2 aromatic carbocycles. The van der Waals surface area contributed by atoms with Crippen molar-refractivity contribution in [3.8, 4) is 5.69 Å². The Bertz CT molecular complexity index is 1390. The Labute approximate surface area is 198 Å². The largest absolute Gasteiger partial charge is 0.462 e. The highest BCUT2D eigenvalue weighted by Crippen LogP contribution is 2.26. The molecular weight excluding hydrogens is 458 g/mol. The van der Waals surface area contributed by atoms with Crippen molar-refractivity contribution in [2.45, 2.75) is 19.0 Å². The summed E-state index contributed by atoms with van der Waals surface area (Å²) in [5.41, 5.74) is 2.33. The van der Waals surface area contributed by atoms with Gasteiger partial charge < -0.3 is 10.1 Å². The van der Waals surface area contributed by atoms with E-state index in [1.807, 2.05) is 37.3 Å². The number of anilines is 1. The molecule has 9 heteroatoms. The Morgan fingerprint density at radius 3 is 2.67 bits per heavy atom. The summed E-state index contributed by atoms with van der Waals surface area (Å²) >= 11 is 2.41. The average Bonchev–Trinajstić information content (AvgIpc) is 3.27. The number of amides is 1. The molecule has 0 aliphatic carbocycles. The topological polar surface area (TPSA) is 90.3 Å². The maximum Gasteiger partial charge on any atom is 0.341 e. The third-order valence-electron chi connectivity index (χ3n) is 4.85. The quantitative estimate of drug-likeness (QED) is 0.235. The second-order valence-electron chi connectivity index (χ2n) is 7.06. The number of hydrogen-bond acceptors (Lipinski definition) is 7. The minimum atomic E-state index is -0.480. The first-order chi connectivity index (χ1) is 16.0. The van der Waals surface area contributed by atoms with Crippen molar-refractivity contribution in [2.24, 2.45) is 0 Å². The van der Waals surface area contributed by atoms with E-state index in [1.165, 1.54) is 11.3 Å². The number of para-hydroxylation sites is 2. The fourth-order valence-electron chi connectivity index (χ4n) is 3.30. The lowest BCUT2D eigenvalue weighted by atomic mass is 10.2. The molecule has 0 aliphatic rings. The van der Waals surface area contributed by atoms with Crippen molar-refractivity contribution >= 4 is 50.9 Å². The Morgan fingerprint density at radius 1 is 1.12 bits per heavy atom. The van der Waals surface area contributed by atoms with Crippen molar-refractivity contribution in [1.29, 1.82) is 0 Å². The summed E-state index contributed by atoms with van der Waals surface area (Å²) < 4.78 is 6.58. The molecule has 4 aromatic rings. The highest BCUT2D eigenvalue weighted by atomic mass is 32.2. The summed E-state index contributed by atoms with van der Waals surface area (Å²) in [6, 6.07) is 16.3. The highest BCUT2D eigenvalue weighted by molar-refractivity contribution is 7.99. The van der Waals surface area contributed by atoms with Gasteiger partial charge in [0.1, 0.15) is 5.00 Å². The van der Waals surface area contributed by atoms with Gasteiger partial charge in [-0.3, -0.25) is 14.2 Å². The second kappa shape index (κ2) is 10.0. The van der Waals surface area contributed by atoms with Crippen LogP contribution in [0.15, 0.2) is 69.9 Å². The molecule has 0 unspecified atom stereocenters. The van der Waals surface area contributed by atoms with Crippen LogP contribution in [0, 0.1) is 6.92 Å². The molecule has 168 valence electrons. The van der Waals surface area contributed by atoms with E-state index in [0.29, 0.717) is 32.3 Å². The molecule has 0 fully saturated rings. The number of aryl methyl sites for hydroxylation is 1. The van der Waals surface area contributed by atoms with Gasteiger partial charge in [0.25, 0.3) is 5.56 Å². The van der Waals surface area contributed by atoms with Crippen molar-refractivity contribution in [2.75, 3.05) is 17.7 Å². The van der Waals surface area contributed by atoms with Crippen LogP contribution < -0.4 is 10.9 Å². The minimum absolute atomic E-state index is 0.0107. The van der Waals surface area contributed by atoms with E-state index >= 15 is 0 Å². The fourth-order valence-corrected chi connectivity index (χ4v) is 4.90. The van der Waals surface area contributed by atoms with Crippen LogP contribution in [-0.4, -0.2) is 33.8 Å². The minimum Gasteiger partial charge on any atom is -0.462 e. The van der Waals surface area contributed by atoms with Crippen LogP contribution in [0.1, 0.15) is 22.8 Å². The predicted octanol–water partition coefficient (Wildman–Crippen LogP) is 4.66. The zero-order chi connectivity index (χ0) is 23.4. The standard InChI is InChI=1S/C24H21N3O4S2/c1-3-31-23(30)17-12-13-32-21(17)26-20(28)14-33-24-25-18-10-6-5-9-16(18)22(29)27(24)19-11-7-4-8-15(19)2/h4-13H,3,14H2,1-2H3,(H,26,28). The molecule has 1 amide bonds. The monoisotopic (exact) mass is 479 g/mol. The summed E-state index contributed by atoms with van der Waals surface area (Å²) in [6.45, 7) is 3.90. The van der Waals surface area contributed by atoms with Crippen LogP contribution in [0.2, 0.25) is 0 Å². The summed E-state index contributed by atoms with van der Waals surface area (Å²) in [7, 11) is 0. The number of aromatic nitrogens is 2. The zero-order valence-corrected chi connectivity index (χ0v) is 19.7. The maximum atomic E-state index is 13.3.